The van der Waals surface area contributed by atoms with E-state index >= 15 is 0 Å². The molecule has 2 aromatic heterocycles. The number of nitrogens with two attached hydrogens (primary N) is 1. The molecule has 0 unspecified atom stereocenters. The highest BCUT2D eigenvalue weighted by Crippen LogP contribution is 2.30. The fraction of sp³-hybridized carbons (Fsp3) is 0.333. The van der Waals surface area contributed by atoms with E-state index in [1.165, 1.54) is 5.56 Å². The lowest BCUT2D eigenvalue weighted by atomic mass is 10.0. The number of fused-ring (bicyclic) bond motifs is 2. The number of piperidine rings is 2. The molecule has 432 valence electrons. The van der Waals surface area contributed by atoms with Gasteiger partial charge in [-0.1, -0.05) is 121 Å². The first-order chi connectivity index (χ1) is 39.7. The van der Waals surface area contributed by atoms with Crippen LogP contribution in [0.5, 0.6) is 0 Å². The largest absolute Gasteiger partial charge is 0.444 e. The number of aromatic nitrogens is 4. The summed E-state index contributed by atoms with van der Waals surface area (Å²) in [5.41, 5.74) is 7.96. The Morgan fingerprint density at radius 1 is 0.542 bits per heavy atom. The van der Waals surface area contributed by atoms with Crippen molar-refractivity contribution in [3.63, 3.8) is 0 Å². The molecule has 16 nitrogen and oxygen atoms in total. The van der Waals surface area contributed by atoms with Gasteiger partial charge in [0.15, 0.2) is 0 Å². The molecule has 2 atom stereocenters. The summed E-state index contributed by atoms with van der Waals surface area (Å²) in [7, 11) is 0. The Morgan fingerprint density at radius 2 is 0.940 bits per heavy atom. The number of benzene rings is 6. The van der Waals surface area contributed by atoms with Gasteiger partial charge in [-0.2, -0.15) is 4.98 Å². The van der Waals surface area contributed by atoms with Crippen molar-refractivity contribution in [2.24, 2.45) is 5.73 Å². The van der Waals surface area contributed by atoms with E-state index in [-0.39, 0.29) is 53.5 Å². The van der Waals surface area contributed by atoms with Gasteiger partial charge in [0.2, 0.25) is 11.2 Å². The van der Waals surface area contributed by atoms with Crippen LogP contribution in [-0.2, 0) is 9.47 Å². The predicted octanol–water partition coefficient (Wildman–Crippen LogP) is 13.9. The van der Waals surface area contributed by atoms with Gasteiger partial charge < -0.3 is 30.3 Å². The number of hydrogen-bond donors (Lipinski definition) is 2. The van der Waals surface area contributed by atoms with Crippen molar-refractivity contribution in [3.8, 4) is 0 Å². The number of carbonyl (C=O) groups is 4. The van der Waals surface area contributed by atoms with Crippen molar-refractivity contribution in [1.29, 1.82) is 0 Å². The lowest BCUT2D eigenvalue weighted by Crippen LogP contribution is -2.50. The second-order valence-corrected chi connectivity index (χ2v) is 23.1. The number of halogens is 1. The molecule has 0 radical (unpaired) electrons. The zero-order chi connectivity index (χ0) is 59.3. The Bertz CT molecular complexity index is 3470. The van der Waals surface area contributed by atoms with Crippen LogP contribution in [0.25, 0.3) is 21.5 Å². The third kappa shape index (κ3) is 16.8. The Hall–Kier alpha value is -8.47. The number of amides is 4. The molecule has 4 heterocycles. The average Bonchev–Trinajstić information content (AvgIpc) is 3.61. The van der Waals surface area contributed by atoms with Crippen LogP contribution in [0, 0.1) is 0 Å². The van der Waals surface area contributed by atoms with Crippen LogP contribution in [0.3, 0.4) is 0 Å². The minimum atomic E-state index is -0.562. The maximum absolute atomic E-state index is 14.2. The van der Waals surface area contributed by atoms with Crippen LogP contribution in [0.2, 0.25) is 5.28 Å². The van der Waals surface area contributed by atoms with E-state index in [0.717, 1.165) is 27.1 Å². The minimum Gasteiger partial charge on any atom is -0.444 e. The summed E-state index contributed by atoms with van der Waals surface area (Å²) in [5, 5.41) is 7.58. The van der Waals surface area contributed by atoms with Crippen LogP contribution >= 0.6 is 11.6 Å². The van der Waals surface area contributed by atoms with Crippen LogP contribution in [0.1, 0.15) is 125 Å². The highest BCUT2D eigenvalue weighted by atomic mass is 35.5. The van der Waals surface area contributed by atoms with Gasteiger partial charge in [-0.05, 0) is 162 Å². The molecule has 83 heavy (non-hydrogen) atoms. The van der Waals surface area contributed by atoms with Gasteiger partial charge in [-0.25, -0.2) is 24.5 Å². The fourth-order valence-corrected chi connectivity index (χ4v) is 10.0. The molecule has 2 fully saturated rings. The minimum absolute atomic E-state index is 0.0202. The van der Waals surface area contributed by atoms with E-state index in [4.69, 9.17) is 31.8 Å². The summed E-state index contributed by atoms with van der Waals surface area (Å²) in [5.74, 6) is 1.13. The maximum atomic E-state index is 14.2. The van der Waals surface area contributed by atoms with Gasteiger partial charge >= 0.3 is 12.2 Å². The second-order valence-electron chi connectivity index (χ2n) is 22.8. The van der Waals surface area contributed by atoms with Gasteiger partial charge in [0.1, 0.15) is 22.8 Å². The normalized spacial score (nSPS) is 14.7. The molecule has 0 saturated carbocycles. The summed E-state index contributed by atoms with van der Waals surface area (Å²) in [4.78, 5) is 77.5. The van der Waals surface area contributed by atoms with E-state index in [1.807, 2.05) is 182 Å². The number of carbonyl (C=O) groups excluding carboxylic acids is 4. The number of hydrogen-bond acceptors (Lipinski definition) is 12. The summed E-state index contributed by atoms with van der Waals surface area (Å²) < 4.78 is 11.1. The molecule has 0 aliphatic carbocycles. The smallest absolute Gasteiger partial charge is 0.410 e. The van der Waals surface area contributed by atoms with Crippen LogP contribution in [0.15, 0.2) is 170 Å². The van der Waals surface area contributed by atoms with Gasteiger partial charge in [0.25, 0.3) is 11.8 Å². The zero-order valence-electron chi connectivity index (χ0n) is 48.6. The molecular formula is C66H75ClN10O6. The number of likely N-dealkylation sites (tertiary alicyclic amines) is 2. The van der Waals surface area contributed by atoms with Gasteiger partial charge in [-0.3, -0.25) is 19.4 Å². The average molecular weight is 1140 g/mol. The van der Waals surface area contributed by atoms with E-state index < -0.39 is 11.2 Å². The lowest BCUT2D eigenvalue weighted by Gasteiger charge is -2.38. The molecule has 17 heteroatoms. The standard InChI is InChI=1S/C33H37N5O3.C25H27ClN4O3.C8H11N/c1-23(24-10-6-5-7-11-24)35-31-34-19-16-29(36-31)38(28-17-20-37(21-18-28)32(40)41-33(2,3)4)30(39)27-15-14-25-12-8-9-13-26(25)22-27;1-25(2,3)33-24(32)29-14-11-20(12-15-29)30(21-10-13-27-23(26)28-21)22(31)19-9-8-17-6-4-5-7-18(17)16-19;1-7(9)8-5-3-2-4-6-8/h5-16,19,22-23,28H,17-18,20-21H2,1-4H3,(H,34,35,36);4-10,13,16,20H,11-12,14-15H2,1-3H3;2-7H,9H2,1H3/t23-;;7-/m0.0/s1. The fourth-order valence-electron chi connectivity index (χ4n) is 9.89. The topological polar surface area (TPSA) is 189 Å². The first kappa shape index (κ1) is 60.6. The molecule has 0 bridgehead atoms. The molecule has 4 amide bonds. The van der Waals surface area contributed by atoms with Crippen LogP contribution in [0.4, 0.5) is 27.2 Å². The summed E-state index contributed by atoms with van der Waals surface area (Å²) in [6.07, 6.45) is 4.96. The molecule has 8 aromatic rings. The van der Waals surface area contributed by atoms with E-state index in [0.29, 0.717) is 80.6 Å². The molecule has 0 spiro atoms. The van der Waals surface area contributed by atoms with Gasteiger partial charge in [0.05, 0.1) is 6.04 Å². The third-order valence-corrected chi connectivity index (χ3v) is 14.3. The number of rotatable bonds is 10. The van der Waals surface area contributed by atoms with Crippen molar-refractivity contribution in [1.82, 2.24) is 29.7 Å². The first-order valence-corrected chi connectivity index (χ1v) is 28.6. The lowest BCUT2D eigenvalue weighted by molar-refractivity contribution is 0.0194. The Morgan fingerprint density at radius 3 is 1.35 bits per heavy atom. The van der Waals surface area contributed by atoms with Crippen LogP contribution in [-0.4, -0.2) is 103 Å². The SMILES string of the molecule is CC(C)(C)OC(=O)N1CCC(N(C(=O)c2ccc3ccccc3c2)c2ccnc(Cl)n2)CC1.C[C@H](N)c1ccccc1.C[C@H](Nc1nccc(N(C(=O)c2ccc3ccccc3c2)C2CCN(C(=O)OC(C)(C)C)CC2)n1)c1ccccc1. The van der Waals surface area contributed by atoms with Gasteiger partial charge in [0, 0.05) is 67.8 Å². The molecule has 2 saturated heterocycles. The molecule has 10 rings (SSSR count). The van der Waals surface area contributed by atoms with Crippen molar-refractivity contribution in [3.05, 3.63) is 198 Å². The van der Waals surface area contributed by atoms with E-state index in [1.54, 1.807) is 44.1 Å². The van der Waals surface area contributed by atoms with E-state index in [9.17, 15) is 19.2 Å². The highest BCUT2D eigenvalue weighted by Gasteiger charge is 2.36. The van der Waals surface area contributed by atoms with Crippen LogP contribution < -0.4 is 20.9 Å². The van der Waals surface area contributed by atoms with Crippen molar-refractivity contribution in [2.75, 3.05) is 41.3 Å². The molecule has 2 aliphatic heterocycles. The Kier molecular flexibility index (Phi) is 20.1. The third-order valence-electron chi connectivity index (χ3n) is 14.1. The summed E-state index contributed by atoms with van der Waals surface area (Å²) in [6.45, 7) is 17.1. The monoisotopic (exact) mass is 1140 g/mol. The predicted molar refractivity (Wildman–Crippen MR) is 330 cm³/mol. The molecule has 3 N–H and O–H groups in total. The van der Waals surface area contributed by atoms with Crippen molar-refractivity contribution >= 4 is 74.7 Å². The first-order valence-electron chi connectivity index (χ1n) is 28.2. The number of ether oxygens (including phenoxy) is 2. The van der Waals surface area contributed by atoms with Crippen molar-refractivity contribution < 1.29 is 28.7 Å². The summed E-state index contributed by atoms with van der Waals surface area (Å²) >= 11 is 6.05. The molecule has 6 aromatic carbocycles. The second kappa shape index (κ2) is 27.5. The highest BCUT2D eigenvalue weighted by molar-refractivity contribution is 6.28. The molecular weight excluding hydrogens is 1060 g/mol. The number of nitrogens with zero attached hydrogens (tertiary/aromatic N) is 8. The summed E-state index contributed by atoms with van der Waals surface area (Å²) in [6, 6.07) is 50.8. The van der Waals surface area contributed by atoms with E-state index in [2.05, 4.69) is 39.3 Å². The zero-order valence-corrected chi connectivity index (χ0v) is 49.4. The number of anilines is 3. The quantitative estimate of drug-likeness (QED) is 0.123. The maximum Gasteiger partial charge on any atom is 0.410 e. The Balaban J connectivity index is 0.000000191. The van der Waals surface area contributed by atoms with Crippen molar-refractivity contribution in [2.45, 2.75) is 116 Å². The van der Waals surface area contributed by atoms with Gasteiger partial charge in [-0.15, -0.1) is 0 Å². The number of nitrogens with one attached hydrogen (secondary N) is 1. The Labute approximate surface area is 492 Å². The molecule has 2 aliphatic rings.